The molecule has 3 aromatic rings. The summed E-state index contributed by atoms with van der Waals surface area (Å²) >= 11 is 0. The molecule has 0 aliphatic rings. The SMILES string of the molecule is O=S(=O)(O)CCCN(CCCS(=O)(=O)O)c1ccc(C(c2ccc(N(CCCS(=O)(=O)O)CCCS(=O)(=O)O)cc2)c2ccc(N(CCCS(=O)(=O)O)CCCS(=O)(=O)O)cc2)cc1.[H-].[H-].[H-].[H-].[H-].[H-].[Na+].[Na+].[Na+].[Na+].[Na+].[Na+]. The minimum absolute atomic E-state index is 0. The summed E-state index contributed by atoms with van der Waals surface area (Å²) < 4.78 is 193. The van der Waals surface area contributed by atoms with Crippen LogP contribution in [0.3, 0.4) is 0 Å². The second-order valence-corrected chi connectivity index (χ2v) is 24.4. The molecule has 21 nitrogen and oxygen atoms in total. The summed E-state index contributed by atoms with van der Waals surface area (Å²) in [5.41, 5.74) is 3.85. The normalized spacial score (nSPS) is 11.9. The molecule has 0 aromatic heterocycles. The van der Waals surface area contributed by atoms with Gasteiger partial charge in [0.15, 0.2) is 0 Å². The molecule has 6 N–H and O–H groups in total. The molecule has 33 heteroatoms. The Morgan fingerprint density at radius 2 is 0.443 bits per heavy atom. The molecule has 0 bridgehead atoms. The zero-order valence-electron chi connectivity index (χ0n) is 46.6. The Hall–Kier alpha value is 2.52. The molecule has 3 aromatic carbocycles. The maximum Gasteiger partial charge on any atom is 1.00 e. The van der Waals surface area contributed by atoms with E-state index in [1.165, 1.54) is 0 Å². The van der Waals surface area contributed by atoms with Crippen LogP contribution in [-0.4, -0.2) is 152 Å². The van der Waals surface area contributed by atoms with Gasteiger partial charge in [-0.05, 0) is 91.6 Å². The second-order valence-electron chi connectivity index (χ2n) is 15.0. The Kier molecular flexibility index (Phi) is 41.4. The Labute approximate surface area is 555 Å². The molecule has 0 saturated carbocycles. The Morgan fingerprint density at radius 3 is 0.571 bits per heavy atom. The van der Waals surface area contributed by atoms with Crippen LogP contribution in [0.4, 0.5) is 17.1 Å². The molecule has 374 valence electrons. The van der Waals surface area contributed by atoms with Crippen molar-refractivity contribution in [1.29, 1.82) is 0 Å². The molecule has 0 unspecified atom stereocenters. The first kappa shape index (κ1) is 79.0. The van der Waals surface area contributed by atoms with Gasteiger partial charge in [-0.3, -0.25) is 27.3 Å². The Bertz CT molecular complexity index is 2280. The minimum Gasteiger partial charge on any atom is -1.00 e. The van der Waals surface area contributed by atoms with Gasteiger partial charge in [0.2, 0.25) is 0 Å². The zero-order chi connectivity index (χ0) is 48.0. The number of hydrogen-bond acceptors (Lipinski definition) is 15. The standard InChI is InChI=1S/C37H55N3O18S6.6Na.6H/c41-59(42,43)25-1-19-38(20-2-26-60(44,45)46)34-13-7-31(8-14-34)37(32-9-15-35(16-10-32)39(21-3-27-61(47,48)49)22-4-28-62(50,51)52)33-11-17-36(18-12-33)40(23-5-29-63(53,54)55)24-6-30-64(56,57)58;;;;;;;;;;;;/h7-18,37H,1-6,19-30H2,(H,41,42,43)(H,44,45,46)(H,47,48,49)(H,50,51,52)(H,53,54,55)(H,56,57,58);;;;;;;;;;;;/q;6*+1;6*-1. The monoisotopic (exact) mass is 1170 g/mol. The summed E-state index contributed by atoms with van der Waals surface area (Å²) in [6, 6.07) is 21.1. The molecular weight excluding hydrogens is 1100 g/mol. The number of rotatable bonds is 30. The van der Waals surface area contributed by atoms with Crippen molar-refractivity contribution in [2.45, 2.75) is 44.4 Å². The van der Waals surface area contributed by atoms with Crippen molar-refractivity contribution in [1.82, 2.24) is 0 Å². The molecule has 0 heterocycles. The van der Waals surface area contributed by atoms with Crippen LogP contribution >= 0.6 is 0 Å². The third kappa shape index (κ3) is 35.1. The Morgan fingerprint density at radius 1 is 0.300 bits per heavy atom. The summed E-state index contributed by atoms with van der Waals surface area (Å²) in [5.74, 6) is -3.83. The van der Waals surface area contributed by atoms with E-state index in [2.05, 4.69) is 0 Å². The van der Waals surface area contributed by atoms with Crippen LogP contribution in [0.25, 0.3) is 0 Å². The molecular formula is C37H61N3Na6O18S6. The van der Waals surface area contributed by atoms with Gasteiger partial charge in [-0.25, -0.2) is 0 Å². The second kappa shape index (κ2) is 36.6. The molecule has 0 fully saturated rings. The van der Waals surface area contributed by atoms with Gasteiger partial charge in [0.05, 0.1) is 34.5 Å². The van der Waals surface area contributed by atoms with Gasteiger partial charge in [0, 0.05) is 62.2 Å². The largest absolute Gasteiger partial charge is 1.00 e. The molecule has 70 heavy (non-hydrogen) atoms. The van der Waals surface area contributed by atoms with Crippen LogP contribution in [0.5, 0.6) is 0 Å². The van der Waals surface area contributed by atoms with E-state index in [4.69, 9.17) is 0 Å². The van der Waals surface area contributed by atoms with Gasteiger partial charge < -0.3 is 23.3 Å². The zero-order valence-corrected chi connectivity index (χ0v) is 57.5. The summed E-state index contributed by atoms with van der Waals surface area (Å²) in [6.07, 6.45) is -0.00555. The smallest absolute Gasteiger partial charge is 1.00 e. The van der Waals surface area contributed by atoms with E-state index in [0.29, 0.717) is 17.1 Å². The van der Waals surface area contributed by atoms with E-state index >= 15 is 0 Å². The fourth-order valence-corrected chi connectivity index (χ4v) is 9.91. The first-order valence-corrected chi connectivity index (χ1v) is 29.4. The van der Waals surface area contributed by atoms with Crippen molar-refractivity contribution in [2.24, 2.45) is 0 Å². The average molecular weight is 1170 g/mol. The van der Waals surface area contributed by atoms with Crippen LogP contribution in [-0.2, 0) is 60.7 Å². The van der Waals surface area contributed by atoms with Crippen molar-refractivity contribution in [3.05, 3.63) is 89.5 Å². The van der Waals surface area contributed by atoms with Crippen molar-refractivity contribution < 1.29 is 264 Å². The molecule has 0 radical (unpaired) electrons. The molecule has 0 aliphatic carbocycles. The number of hydrogen-bond donors (Lipinski definition) is 6. The number of anilines is 3. The molecule has 0 aliphatic heterocycles. The quantitative estimate of drug-likeness (QED) is 0.0205. The van der Waals surface area contributed by atoms with Crippen LogP contribution in [0.15, 0.2) is 72.8 Å². The molecule has 0 spiro atoms. The van der Waals surface area contributed by atoms with Gasteiger partial charge in [-0.15, -0.1) is 0 Å². The maximum atomic E-state index is 11.4. The number of nitrogens with zero attached hydrogens (tertiary/aromatic N) is 3. The Balaban J connectivity index is -0.000000454. The minimum atomic E-state index is -4.29. The van der Waals surface area contributed by atoms with E-state index in [1.54, 1.807) is 87.5 Å². The third-order valence-electron chi connectivity index (χ3n) is 9.76. The van der Waals surface area contributed by atoms with E-state index in [0.717, 1.165) is 16.7 Å². The van der Waals surface area contributed by atoms with Crippen LogP contribution < -0.4 is 192 Å². The molecule has 0 saturated heterocycles. The third-order valence-corrected chi connectivity index (χ3v) is 14.6. The van der Waals surface area contributed by atoms with Gasteiger partial charge in [0.1, 0.15) is 0 Å². The fraction of sp³-hybridized carbons (Fsp3) is 0.514. The first-order valence-electron chi connectivity index (χ1n) is 19.7. The van der Waals surface area contributed by atoms with Crippen LogP contribution in [0.1, 0.15) is 69.7 Å². The summed E-state index contributed by atoms with van der Waals surface area (Å²) in [5, 5.41) is 0. The van der Waals surface area contributed by atoms with Crippen molar-refractivity contribution in [3.63, 3.8) is 0 Å². The van der Waals surface area contributed by atoms with Gasteiger partial charge in [0.25, 0.3) is 60.7 Å². The topological polar surface area (TPSA) is 336 Å². The molecule has 3 rings (SSSR count). The summed E-state index contributed by atoms with van der Waals surface area (Å²) in [7, 11) is -25.7. The summed E-state index contributed by atoms with van der Waals surface area (Å²) in [6.45, 7) is 0.624. The molecule has 0 atom stereocenters. The van der Waals surface area contributed by atoms with Gasteiger partial charge in [-0.2, -0.15) is 50.5 Å². The summed E-state index contributed by atoms with van der Waals surface area (Å²) in [4.78, 5) is 5.11. The van der Waals surface area contributed by atoms with Gasteiger partial charge in [-0.1, -0.05) is 36.4 Å². The van der Waals surface area contributed by atoms with Crippen molar-refractivity contribution in [2.75, 3.05) is 88.5 Å². The number of benzene rings is 3. The first-order chi connectivity index (χ1) is 29.5. The van der Waals surface area contributed by atoms with E-state index in [1.807, 2.05) is 0 Å². The van der Waals surface area contributed by atoms with Gasteiger partial charge >= 0.3 is 177 Å². The van der Waals surface area contributed by atoms with Crippen molar-refractivity contribution in [3.8, 4) is 0 Å². The van der Waals surface area contributed by atoms with Crippen LogP contribution in [0, 0.1) is 0 Å². The average Bonchev–Trinajstić information content (AvgIpc) is 3.14. The maximum absolute atomic E-state index is 11.4. The fourth-order valence-electron chi connectivity index (χ4n) is 6.95. The van der Waals surface area contributed by atoms with E-state index in [9.17, 15) is 77.8 Å². The predicted molar refractivity (Wildman–Crippen MR) is 250 cm³/mol. The van der Waals surface area contributed by atoms with Crippen LogP contribution in [0.2, 0.25) is 0 Å². The predicted octanol–water partition coefficient (Wildman–Crippen LogP) is -14.3. The van der Waals surface area contributed by atoms with E-state index < -0.39 is 101 Å². The molecule has 0 amide bonds. The van der Waals surface area contributed by atoms with E-state index in [-0.39, 0.29) is 264 Å². The van der Waals surface area contributed by atoms with Crippen molar-refractivity contribution >= 4 is 77.8 Å².